The molecule has 1 N–H and O–H groups in total. The van der Waals surface area contributed by atoms with E-state index in [4.69, 9.17) is 4.55 Å². The first-order valence-electron chi connectivity index (χ1n) is 5.54. The highest BCUT2D eigenvalue weighted by Crippen LogP contribution is 2.35. The number of hydrogen-bond donors (Lipinski definition) is 1. The first-order chi connectivity index (χ1) is 8.45. The average molecular weight is 262 g/mol. The van der Waals surface area contributed by atoms with Crippen LogP contribution in [-0.4, -0.2) is 19.2 Å². The second-order valence-corrected chi connectivity index (χ2v) is 5.69. The van der Waals surface area contributed by atoms with Gasteiger partial charge in [0.1, 0.15) is 0 Å². The van der Waals surface area contributed by atoms with E-state index in [-0.39, 0.29) is 0 Å². The third-order valence-corrected chi connectivity index (χ3v) is 2.71. The van der Waals surface area contributed by atoms with Crippen molar-refractivity contribution in [2.75, 3.05) is 6.26 Å². The quantitative estimate of drug-likeness (QED) is 0.634. The molecule has 94 valence electrons. The fraction of sp³-hybridized carbons (Fsp3) is 0.143. The van der Waals surface area contributed by atoms with Crippen LogP contribution in [0.15, 0.2) is 48.5 Å². The highest BCUT2D eigenvalue weighted by Gasteiger charge is 2.15. The summed E-state index contributed by atoms with van der Waals surface area (Å²) in [6.45, 7) is 0. The summed E-state index contributed by atoms with van der Waals surface area (Å²) < 4.78 is 25.9. The second kappa shape index (κ2) is 4.92. The van der Waals surface area contributed by atoms with Gasteiger partial charge in [0.15, 0.2) is 0 Å². The summed E-state index contributed by atoms with van der Waals surface area (Å²) in [4.78, 5) is 0. The molecular weight excluding hydrogens is 248 g/mol. The number of hydrogen-bond acceptors (Lipinski definition) is 2. The maximum Gasteiger partial charge on any atom is 0.261 e. The Morgan fingerprint density at radius 2 is 1.22 bits per heavy atom. The zero-order valence-electron chi connectivity index (χ0n) is 10.00. The molecule has 1 aliphatic rings. The Bertz CT molecular complexity index is 609. The maximum atomic E-state index is 9.19. The molecule has 0 spiro atoms. The van der Waals surface area contributed by atoms with Gasteiger partial charge in [0.05, 0.1) is 6.26 Å². The van der Waals surface area contributed by atoms with Crippen molar-refractivity contribution in [3.63, 3.8) is 0 Å². The molecule has 0 unspecified atom stereocenters. The predicted molar refractivity (Wildman–Crippen MR) is 72.2 cm³/mol. The molecule has 0 aliphatic heterocycles. The van der Waals surface area contributed by atoms with Crippen LogP contribution in [0, 0.1) is 0 Å². The van der Waals surface area contributed by atoms with Crippen LogP contribution >= 0.6 is 0 Å². The van der Waals surface area contributed by atoms with Crippen molar-refractivity contribution in [2.45, 2.75) is 6.42 Å². The van der Waals surface area contributed by atoms with Gasteiger partial charge in [-0.3, -0.25) is 4.55 Å². The highest BCUT2D eigenvalue weighted by atomic mass is 32.2. The molecule has 0 aromatic heterocycles. The topological polar surface area (TPSA) is 54.4 Å². The van der Waals surface area contributed by atoms with Gasteiger partial charge in [-0.15, -0.1) is 0 Å². The summed E-state index contributed by atoms with van der Waals surface area (Å²) in [5.74, 6) is 0. The molecule has 1 aliphatic carbocycles. The molecular formula is C14H14O3S. The normalized spacial score (nSPS) is 12.1. The summed E-state index contributed by atoms with van der Waals surface area (Å²) in [6, 6.07) is 17.3. The first kappa shape index (κ1) is 12.8. The third kappa shape index (κ3) is 3.18. The summed E-state index contributed by atoms with van der Waals surface area (Å²) in [5.41, 5.74) is 5.75. The fourth-order valence-corrected chi connectivity index (χ4v) is 2.08. The summed E-state index contributed by atoms with van der Waals surface area (Å²) in [5, 5.41) is 0. The van der Waals surface area contributed by atoms with Crippen LogP contribution in [0.4, 0.5) is 0 Å². The molecule has 0 saturated carbocycles. The standard InChI is InChI=1S/C13H10.CH4O3S/c1-3-7-12-10(5-1)9-11-6-2-4-8-13(11)12;1-5(2,3)4/h1-8H,9H2;1H3,(H,2,3,4). The molecule has 18 heavy (non-hydrogen) atoms. The smallest absolute Gasteiger partial charge is 0.261 e. The van der Waals surface area contributed by atoms with Gasteiger partial charge in [0.25, 0.3) is 10.1 Å². The van der Waals surface area contributed by atoms with Crippen molar-refractivity contribution in [3.05, 3.63) is 59.7 Å². The average Bonchev–Trinajstić information content (AvgIpc) is 2.65. The van der Waals surface area contributed by atoms with Crippen LogP contribution in [0.25, 0.3) is 11.1 Å². The Balaban J connectivity index is 0.000000209. The van der Waals surface area contributed by atoms with Gasteiger partial charge < -0.3 is 0 Å². The number of fused-ring (bicyclic) bond motifs is 3. The van der Waals surface area contributed by atoms with Crippen LogP contribution in [-0.2, 0) is 16.5 Å². The largest absolute Gasteiger partial charge is 0.286 e. The second-order valence-electron chi connectivity index (χ2n) is 4.22. The Kier molecular flexibility index (Phi) is 3.50. The van der Waals surface area contributed by atoms with E-state index in [2.05, 4.69) is 48.5 Å². The molecule has 4 heteroatoms. The Hall–Kier alpha value is -1.65. The SMILES string of the molecule is CS(=O)(=O)O.c1ccc2c(c1)Cc1ccccc1-2. The van der Waals surface area contributed by atoms with E-state index in [9.17, 15) is 8.42 Å². The van der Waals surface area contributed by atoms with E-state index < -0.39 is 10.1 Å². The minimum atomic E-state index is -3.67. The molecule has 0 radical (unpaired) electrons. The lowest BCUT2D eigenvalue weighted by molar-refractivity contribution is 0.490. The summed E-state index contributed by atoms with van der Waals surface area (Å²) in [6.07, 6.45) is 1.82. The van der Waals surface area contributed by atoms with Crippen molar-refractivity contribution < 1.29 is 13.0 Å². The lowest BCUT2D eigenvalue weighted by Crippen LogP contribution is -1.88. The zero-order chi connectivity index (χ0) is 13.2. The lowest BCUT2D eigenvalue weighted by Gasteiger charge is -1.98. The van der Waals surface area contributed by atoms with Gasteiger partial charge in [-0.2, -0.15) is 8.42 Å². The van der Waals surface area contributed by atoms with Crippen molar-refractivity contribution in [3.8, 4) is 11.1 Å². The van der Waals surface area contributed by atoms with Crippen molar-refractivity contribution in [1.82, 2.24) is 0 Å². The molecule has 0 fully saturated rings. The molecule has 2 aromatic rings. The predicted octanol–water partition coefficient (Wildman–Crippen LogP) is 2.76. The Labute approximate surface area is 107 Å². The van der Waals surface area contributed by atoms with E-state index in [1.807, 2.05) is 0 Å². The van der Waals surface area contributed by atoms with Gasteiger partial charge in [-0.1, -0.05) is 48.5 Å². The molecule has 2 aromatic carbocycles. The van der Waals surface area contributed by atoms with E-state index in [0.29, 0.717) is 6.26 Å². The van der Waals surface area contributed by atoms with Crippen LogP contribution < -0.4 is 0 Å². The summed E-state index contributed by atoms with van der Waals surface area (Å²) >= 11 is 0. The van der Waals surface area contributed by atoms with Gasteiger partial charge in [-0.25, -0.2) is 0 Å². The minimum absolute atomic E-state index is 0.715. The Morgan fingerprint density at radius 1 is 0.889 bits per heavy atom. The minimum Gasteiger partial charge on any atom is -0.286 e. The molecule has 0 heterocycles. The van der Waals surface area contributed by atoms with Crippen molar-refractivity contribution in [2.24, 2.45) is 0 Å². The molecule has 0 bridgehead atoms. The van der Waals surface area contributed by atoms with Crippen molar-refractivity contribution >= 4 is 10.1 Å². The summed E-state index contributed by atoms with van der Waals surface area (Å²) in [7, 11) is -3.67. The van der Waals surface area contributed by atoms with E-state index in [1.165, 1.54) is 22.3 Å². The lowest BCUT2D eigenvalue weighted by atomic mass is 10.1. The van der Waals surface area contributed by atoms with Crippen LogP contribution in [0.2, 0.25) is 0 Å². The third-order valence-electron chi connectivity index (χ3n) is 2.71. The molecule has 0 amide bonds. The highest BCUT2D eigenvalue weighted by molar-refractivity contribution is 7.85. The van der Waals surface area contributed by atoms with E-state index in [0.717, 1.165) is 6.42 Å². The Morgan fingerprint density at radius 3 is 1.61 bits per heavy atom. The molecule has 0 saturated heterocycles. The van der Waals surface area contributed by atoms with Gasteiger partial charge in [0.2, 0.25) is 0 Å². The van der Waals surface area contributed by atoms with Crippen molar-refractivity contribution in [1.29, 1.82) is 0 Å². The van der Waals surface area contributed by atoms with Crippen LogP contribution in [0.5, 0.6) is 0 Å². The van der Waals surface area contributed by atoms with Gasteiger partial charge in [0, 0.05) is 0 Å². The van der Waals surface area contributed by atoms with Crippen LogP contribution in [0.1, 0.15) is 11.1 Å². The van der Waals surface area contributed by atoms with E-state index in [1.54, 1.807) is 0 Å². The first-order valence-corrected chi connectivity index (χ1v) is 7.38. The number of benzene rings is 2. The number of rotatable bonds is 0. The van der Waals surface area contributed by atoms with Gasteiger partial charge >= 0.3 is 0 Å². The fourth-order valence-electron chi connectivity index (χ4n) is 2.08. The zero-order valence-corrected chi connectivity index (χ0v) is 10.8. The molecule has 3 rings (SSSR count). The van der Waals surface area contributed by atoms with Gasteiger partial charge in [-0.05, 0) is 28.7 Å². The van der Waals surface area contributed by atoms with Crippen LogP contribution in [0.3, 0.4) is 0 Å². The monoisotopic (exact) mass is 262 g/mol. The molecule has 3 nitrogen and oxygen atoms in total. The maximum absolute atomic E-state index is 9.19. The molecule has 0 atom stereocenters. The van der Waals surface area contributed by atoms with E-state index >= 15 is 0 Å².